The van der Waals surface area contributed by atoms with Gasteiger partial charge in [-0.15, -0.1) is 11.3 Å². The highest BCUT2D eigenvalue weighted by molar-refractivity contribution is 7.13. The van der Waals surface area contributed by atoms with Crippen LogP contribution in [-0.4, -0.2) is 30.1 Å². The summed E-state index contributed by atoms with van der Waals surface area (Å²) in [5.41, 5.74) is 4.53. The predicted molar refractivity (Wildman–Crippen MR) is 99.5 cm³/mol. The lowest BCUT2D eigenvalue weighted by Crippen LogP contribution is -2.32. The molecule has 5 rings (SSSR count). The fraction of sp³-hybridized carbons (Fsp3) is 0.105. The van der Waals surface area contributed by atoms with E-state index in [0.29, 0.717) is 6.42 Å². The largest absolute Gasteiger partial charge is 0.281 e. The topological polar surface area (TPSA) is 80.2 Å². The predicted octanol–water partition coefficient (Wildman–Crippen LogP) is 3.27. The van der Waals surface area contributed by atoms with Gasteiger partial charge in [0, 0.05) is 30.1 Å². The van der Waals surface area contributed by atoms with Crippen molar-refractivity contribution in [2.75, 3.05) is 0 Å². The smallest absolute Gasteiger partial charge is 0.115 e. The van der Waals surface area contributed by atoms with Crippen LogP contribution in [0.5, 0.6) is 0 Å². The first-order valence-electron chi connectivity index (χ1n) is 8.20. The maximum atomic E-state index is 4.56. The molecule has 0 saturated carbocycles. The molecule has 7 heteroatoms. The average Bonchev–Trinajstić information content (AvgIpc) is 3.38. The molecule has 4 heterocycles. The van der Waals surface area contributed by atoms with Crippen molar-refractivity contribution < 1.29 is 0 Å². The molecule has 0 saturated heterocycles. The number of fused-ring (bicyclic) bond motifs is 1. The van der Waals surface area contributed by atoms with Crippen LogP contribution in [0, 0.1) is 0 Å². The van der Waals surface area contributed by atoms with Gasteiger partial charge in [-0.05, 0) is 23.6 Å². The molecule has 126 valence electrons. The first-order chi connectivity index (χ1) is 12.9. The van der Waals surface area contributed by atoms with Crippen LogP contribution < -0.4 is 0 Å². The summed E-state index contributed by atoms with van der Waals surface area (Å²) in [5.74, 6) is 0. The zero-order chi connectivity index (χ0) is 17.4. The molecule has 0 aliphatic heterocycles. The molecule has 0 unspecified atom stereocenters. The third kappa shape index (κ3) is 2.28. The van der Waals surface area contributed by atoms with E-state index in [1.165, 1.54) is 0 Å². The van der Waals surface area contributed by atoms with Gasteiger partial charge in [0.1, 0.15) is 18.3 Å². The number of nitrogens with one attached hydrogen (secondary N) is 1. The Labute approximate surface area is 153 Å². The first kappa shape index (κ1) is 15.1. The van der Waals surface area contributed by atoms with Crippen molar-refractivity contribution in [2.45, 2.75) is 11.8 Å². The SMILES string of the molecule is C1=CC(c2ccncn2)(c2ccncn2)Cc2[nH]nc(-c3cccs3)c21. The summed E-state index contributed by atoms with van der Waals surface area (Å²) in [6.07, 6.45) is 11.7. The van der Waals surface area contributed by atoms with Gasteiger partial charge in [-0.25, -0.2) is 19.9 Å². The van der Waals surface area contributed by atoms with E-state index >= 15 is 0 Å². The lowest BCUT2D eigenvalue weighted by atomic mass is 9.73. The molecule has 26 heavy (non-hydrogen) atoms. The van der Waals surface area contributed by atoms with Crippen LogP contribution >= 0.6 is 11.3 Å². The summed E-state index contributed by atoms with van der Waals surface area (Å²) in [4.78, 5) is 18.3. The molecule has 0 radical (unpaired) electrons. The maximum absolute atomic E-state index is 4.56. The van der Waals surface area contributed by atoms with E-state index in [2.05, 4.69) is 53.7 Å². The molecular weight excluding hydrogens is 344 g/mol. The van der Waals surface area contributed by atoms with Crippen molar-refractivity contribution in [3.63, 3.8) is 0 Å². The van der Waals surface area contributed by atoms with Crippen molar-refractivity contribution in [1.82, 2.24) is 30.1 Å². The highest BCUT2D eigenvalue weighted by Gasteiger charge is 2.39. The Balaban J connectivity index is 1.67. The van der Waals surface area contributed by atoms with E-state index in [1.54, 1.807) is 36.4 Å². The molecule has 0 aromatic carbocycles. The van der Waals surface area contributed by atoms with Gasteiger partial charge in [0.25, 0.3) is 0 Å². The van der Waals surface area contributed by atoms with Crippen LogP contribution in [0.15, 0.2) is 60.8 Å². The Bertz CT molecular complexity index is 1010. The molecule has 0 spiro atoms. The normalized spacial score (nSPS) is 14.9. The van der Waals surface area contributed by atoms with Crippen LogP contribution in [0.25, 0.3) is 16.6 Å². The van der Waals surface area contributed by atoms with Crippen LogP contribution in [0.1, 0.15) is 22.6 Å². The fourth-order valence-electron chi connectivity index (χ4n) is 3.46. The van der Waals surface area contributed by atoms with E-state index in [-0.39, 0.29) is 0 Å². The highest BCUT2D eigenvalue weighted by Crippen LogP contribution is 2.41. The third-order valence-electron chi connectivity index (χ3n) is 4.71. The van der Waals surface area contributed by atoms with E-state index in [1.807, 2.05) is 18.2 Å². The zero-order valence-corrected chi connectivity index (χ0v) is 14.5. The maximum Gasteiger partial charge on any atom is 0.115 e. The Morgan fingerprint density at radius 1 is 1.00 bits per heavy atom. The standard InChI is InChI=1S/C19H14N6S/c1-2-15(26-9-1)18-13-3-6-19(10-14(13)24-25-18,16-4-7-20-11-22-16)17-5-8-21-12-23-17/h1-9,11-12H,10H2,(H,24,25). The highest BCUT2D eigenvalue weighted by atomic mass is 32.1. The van der Waals surface area contributed by atoms with Gasteiger partial charge in [-0.1, -0.05) is 18.2 Å². The lowest BCUT2D eigenvalue weighted by Gasteiger charge is -2.31. The van der Waals surface area contributed by atoms with Gasteiger partial charge in [0.2, 0.25) is 0 Å². The minimum absolute atomic E-state index is 0.474. The molecule has 0 bridgehead atoms. The summed E-state index contributed by atoms with van der Waals surface area (Å²) in [5, 5.41) is 9.85. The summed E-state index contributed by atoms with van der Waals surface area (Å²) < 4.78 is 0. The number of aromatic nitrogens is 6. The minimum Gasteiger partial charge on any atom is -0.281 e. The number of H-pyrrole nitrogens is 1. The second-order valence-corrected chi connectivity index (χ2v) is 7.06. The molecular formula is C19H14N6S. The van der Waals surface area contributed by atoms with E-state index in [0.717, 1.165) is 33.2 Å². The van der Waals surface area contributed by atoms with Crippen LogP contribution in [0.3, 0.4) is 0 Å². The summed E-state index contributed by atoms with van der Waals surface area (Å²) in [6.45, 7) is 0. The molecule has 1 aliphatic carbocycles. The second-order valence-electron chi connectivity index (χ2n) is 6.11. The first-order valence-corrected chi connectivity index (χ1v) is 9.08. The number of nitrogens with zero attached hydrogens (tertiary/aromatic N) is 5. The lowest BCUT2D eigenvalue weighted by molar-refractivity contribution is 0.578. The molecule has 0 fully saturated rings. The van der Waals surface area contributed by atoms with Crippen molar-refractivity contribution in [1.29, 1.82) is 0 Å². The van der Waals surface area contributed by atoms with Crippen molar-refractivity contribution >= 4 is 17.4 Å². The van der Waals surface area contributed by atoms with Gasteiger partial charge in [0.15, 0.2) is 0 Å². The number of allylic oxidation sites excluding steroid dienone is 1. The van der Waals surface area contributed by atoms with Gasteiger partial charge < -0.3 is 0 Å². The molecule has 0 amide bonds. The molecule has 4 aromatic rings. The number of aromatic amines is 1. The van der Waals surface area contributed by atoms with Crippen LogP contribution in [0.2, 0.25) is 0 Å². The molecule has 1 N–H and O–H groups in total. The molecule has 1 aliphatic rings. The number of hydrogen-bond acceptors (Lipinski definition) is 6. The molecule has 0 atom stereocenters. The quantitative estimate of drug-likeness (QED) is 0.608. The Kier molecular flexibility index (Phi) is 3.46. The van der Waals surface area contributed by atoms with Crippen LogP contribution in [0.4, 0.5) is 0 Å². The van der Waals surface area contributed by atoms with Crippen molar-refractivity contribution in [2.24, 2.45) is 0 Å². The van der Waals surface area contributed by atoms with Crippen molar-refractivity contribution in [3.05, 3.63) is 83.4 Å². The van der Waals surface area contributed by atoms with Gasteiger partial charge in [-0.3, -0.25) is 5.10 Å². The van der Waals surface area contributed by atoms with E-state index in [9.17, 15) is 0 Å². The summed E-state index contributed by atoms with van der Waals surface area (Å²) >= 11 is 1.69. The Morgan fingerprint density at radius 3 is 2.38 bits per heavy atom. The third-order valence-corrected chi connectivity index (χ3v) is 5.58. The number of thiophene rings is 1. The zero-order valence-electron chi connectivity index (χ0n) is 13.7. The van der Waals surface area contributed by atoms with E-state index < -0.39 is 5.41 Å². The summed E-state index contributed by atoms with van der Waals surface area (Å²) in [7, 11) is 0. The molecule has 6 nitrogen and oxygen atoms in total. The van der Waals surface area contributed by atoms with Crippen molar-refractivity contribution in [3.8, 4) is 10.6 Å². The van der Waals surface area contributed by atoms with Gasteiger partial charge >= 0.3 is 0 Å². The van der Waals surface area contributed by atoms with Gasteiger partial charge in [-0.2, -0.15) is 5.10 Å². The Morgan fingerprint density at radius 2 is 1.77 bits per heavy atom. The monoisotopic (exact) mass is 358 g/mol. The fourth-order valence-corrected chi connectivity index (χ4v) is 4.19. The van der Waals surface area contributed by atoms with E-state index in [4.69, 9.17) is 0 Å². The minimum atomic E-state index is -0.474. The average molecular weight is 358 g/mol. The molecule has 4 aromatic heterocycles. The number of hydrogen-bond donors (Lipinski definition) is 1. The van der Waals surface area contributed by atoms with Crippen LogP contribution in [-0.2, 0) is 11.8 Å². The van der Waals surface area contributed by atoms with Gasteiger partial charge in [0.05, 0.1) is 21.7 Å². The Hall–Kier alpha value is -3.19. The second kappa shape index (κ2) is 5.96. The summed E-state index contributed by atoms with van der Waals surface area (Å²) in [6, 6.07) is 8.01. The number of rotatable bonds is 3.